The van der Waals surface area contributed by atoms with Crippen LogP contribution in [-0.4, -0.2) is 50.4 Å². The zero-order valence-electron chi connectivity index (χ0n) is 17.9. The van der Waals surface area contributed by atoms with E-state index >= 15 is 0 Å². The quantitative estimate of drug-likeness (QED) is 0.508. The fourth-order valence-corrected chi connectivity index (χ4v) is 4.89. The Morgan fingerprint density at radius 2 is 1.93 bits per heavy atom. The van der Waals surface area contributed by atoms with Gasteiger partial charge in [0.25, 0.3) is 5.56 Å². The van der Waals surface area contributed by atoms with Crippen molar-refractivity contribution in [2.24, 2.45) is 0 Å². The minimum atomic E-state index is -0.344. The molecule has 1 saturated heterocycles. The van der Waals surface area contributed by atoms with Crippen LogP contribution in [-0.2, 0) is 16.1 Å². The van der Waals surface area contributed by atoms with Gasteiger partial charge in [0.2, 0.25) is 5.91 Å². The summed E-state index contributed by atoms with van der Waals surface area (Å²) in [6.07, 6.45) is 1.96. The van der Waals surface area contributed by atoms with Gasteiger partial charge < -0.3 is 9.64 Å². The maximum absolute atomic E-state index is 13.2. The van der Waals surface area contributed by atoms with Crippen molar-refractivity contribution >= 4 is 28.6 Å². The van der Waals surface area contributed by atoms with Crippen LogP contribution in [0.2, 0.25) is 0 Å². The highest BCUT2D eigenvalue weighted by Crippen LogP contribution is 2.26. The lowest BCUT2D eigenvalue weighted by molar-refractivity contribution is -0.133. The Hall–Kier alpha value is -1.86. The molecule has 7 heteroatoms. The van der Waals surface area contributed by atoms with Gasteiger partial charge >= 0.3 is 0 Å². The summed E-state index contributed by atoms with van der Waals surface area (Å²) in [7, 11) is 0. The molecule has 0 saturated carbocycles. The van der Waals surface area contributed by atoms with Gasteiger partial charge in [0.15, 0.2) is 5.16 Å². The second kappa shape index (κ2) is 9.30. The summed E-state index contributed by atoms with van der Waals surface area (Å²) in [5.41, 5.74) is 0.589. The lowest BCUT2D eigenvalue weighted by Crippen LogP contribution is -2.45. The van der Waals surface area contributed by atoms with Crippen LogP contribution in [0.3, 0.4) is 0 Å². The molecule has 1 aliphatic heterocycles. The van der Waals surface area contributed by atoms with E-state index in [1.807, 2.05) is 57.7 Å². The van der Waals surface area contributed by atoms with Crippen molar-refractivity contribution in [3.05, 3.63) is 34.6 Å². The van der Waals surface area contributed by atoms with Crippen molar-refractivity contribution in [3.63, 3.8) is 0 Å². The van der Waals surface area contributed by atoms with Gasteiger partial charge in [-0.1, -0.05) is 23.9 Å². The van der Waals surface area contributed by atoms with Crippen LogP contribution in [0.1, 0.15) is 47.5 Å². The second-order valence-electron chi connectivity index (χ2n) is 8.16. The number of thioether (sulfide) groups is 1. The van der Waals surface area contributed by atoms with Crippen molar-refractivity contribution in [2.45, 2.75) is 82.6 Å². The molecular formula is C22H31N3O3S. The van der Waals surface area contributed by atoms with Crippen LogP contribution in [0.15, 0.2) is 34.2 Å². The maximum atomic E-state index is 13.2. The first kappa shape index (κ1) is 21.8. The number of amides is 1. The topological polar surface area (TPSA) is 64.4 Å². The molecule has 1 aromatic carbocycles. The third kappa shape index (κ3) is 4.83. The van der Waals surface area contributed by atoms with Crippen molar-refractivity contribution in [1.29, 1.82) is 0 Å². The minimum absolute atomic E-state index is 0.0175. The average Bonchev–Trinajstić information content (AvgIpc) is 3.17. The number of hydrogen-bond acceptors (Lipinski definition) is 5. The summed E-state index contributed by atoms with van der Waals surface area (Å²) in [6, 6.07) is 7.61. The Labute approximate surface area is 176 Å². The highest BCUT2D eigenvalue weighted by Gasteiger charge is 2.28. The average molecular weight is 418 g/mol. The van der Waals surface area contributed by atoms with Crippen LogP contribution in [0.25, 0.3) is 10.9 Å². The summed E-state index contributed by atoms with van der Waals surface area (Å²) in [4.78, 5) is 32.9. The Bertz CT molecular complexity index is 911. The van der Waals surface area contributed by atoms with Gasteiger partial charge in [-0.05, 0) is 59.6 Å². The standard InChI is InChI=1S/C22H31N3O3S/c1-14(2)25(15(3)4)20(26)16(5)29-22-23-19-11-7-6-10-18(19)21(27)24(22)13-17-9-8-12-28-17/h6-7,10-11,14-17H,8-9,12-13H2,1-5H3/t16-,17+/m1/s1. The zero-order chi connectivity index (χ0) is 21.1. The Morgan fingerprint density at radius 3 is 2.55 bits per heavy atom. The maximum Gasteiger partial charge on any atom is 0.262 e. The molecule has 2 aromatic rings. The summed E-state index contributed by atoms with van der Waals surface area (Å²) < 4.78 is 7.46. The number of ether oxygens (including phenoxy) is 1. The predicted molar refractivity (Wildman–Crippen MR) is 117 cm³/mol. The molecule has 0 aliphatic carbocycles. The van der Waals surface area contributed by atoms with Crippen molar-refractivity contribution in [3.8, 4) is 0 Å². The first-order valence-corrected chi connectivity index (χ1v) is 11.3. The Morgan fingerprint density at radius 1 is 1.24 bits per heavy atom. The molecule has 158 valence electrons. The molecule has 1 fully saturated rings. The van der Waals surface area contributed by atoms with Gasteiger partial charge in [-0.25, -0.2) is 4.98 Å². The highest BCUT2D eigenvalue weighted by atomic mass is 32.2. The van der Waals surface area contributed by atoms with Crippen molar-refractivity contribution in [2.75, 3.05) is 6.61 Å². The largest absolute Gasteiger partial charge is 0.376 e. The minimum Gasteiger partial charge on any atom is -0.376 e. The number of benzene rings is 1. The van der Waals surface area contributed by atoms with E-state index in [0.717, 1.165) is 19.4 Å². The summed E-state index contributed by atoms with van der Waals surface area (Å²) in [5.74, 6) is 0.0612. The molecule has 0 unspecified atom stereocenters. The number of aromatic nitrogens is 2. The molecule has 0 radical (unpaired) electrons. The monoisotopic (exact) mass is 417 g/mol. The fraction of sp³-hybridized carbons (Fsp3) is 0.591. The molecule has 0 N–H and O–H groups in total. The summed E-state index contributed by atoms with van der Waals surface area (Å²) >= 11 is 1.36. The summed E-state index contributed by atoms with van der Waals surface area (Å²) in [6.45, 7) is 11.2. The van der Waals surface area contributed by atoms with Crippen LogP contribution in [0.5, 0.6) is 0 Å². The first-order valence-electron chi connectivity index (χ1n) is 10.4. The van der Waals surface area contributed by atoms with E-state index in [-0.39, 0.29) is 34.9 Å². The number of rotatable bonds is 7. The van der Waals surface area contributed by atoms with Crippen LogP contribution >= 0.6 is 11.8 Å². The van der Waals surface area contributed by atoms with E-state index in [1.54, 1.807) is 10.6 Å². The van der Waals surface area contributed by atoms with Crippen LogP contribution < -0.4 is 5.56 Å². The van der Waals surface area contributed by atoms with E-state index < -0.39 is 0 Å². The van der Waals surface area contributed by atoms with Gasteiger partial charge in [0.1, 0.15) is 0 Å². The Balaban J connectivity index is 1.96. The van der Waals surface area contributed by atoms with E-state index in [1.165, 1.54) is 11.8 Å². The molecule has 29 heavy (non-hydrogen) atoms. The van der Waals surface area contributed by atoms with E-state index in [9.17, 15) is 9.59 Å². The molecule has 0 bridgehead atoms. The second-order valence-corrected chi connectivity index (χ2v) is 9.46. The highest BCUT2D eigenvalue weighted by molar-refractivity contribution is 8.00. The Kier molecular flexibility index (Phi) is 7.01. The third-order valence-electron chi connectivity index (χ3n) is 5.23. The normalized spacial score (nSPS) is 18.0. The number of carbonyl (C=O) groups excluding carboxylic acids is 1. The fourth-order valence-electron chi connectivity index (χ4n) is 3.91. The predicted octanol–water partition coefficient (Wildman–Crippen LogP) is 3.70. The van der Waals surface area contributed by atoms with Gasteiger partial charge in [0.05, 0.1) is 28.8 Å². The smallest absolute Gasteiger partial charge is 0.262 e. The van der Waals surface area contributed by atoms with Crippen molar-refractivity contribution < 1.29 is 9.53 Å². The molecule has 1 amide bonds. The number of carbonyl (C=O) groups is 1. The van der Waals surface area contributed by atoms with Crippen LogP contribution in [0.4, 0.5) is 0 Å². The number of nitrogens with zero attached hydrogens (tertiary/aromatic N) is 3. The SMILES string of the molecule is CC(C)N(C(=O)[C@@H](C)Sc1nc2ccccc2c(=O)n1C[C@@H]1CCCO1)C(C)C. The molecule has 2 heterocycles. The zero-order valence-corrected chi connectivity index (χ0v) is 18.7. The van der Waals surface area contributed by atoms with Gasteiger partial charge in [-0.2, -0.15) is 0 Å². The molecule has 0 spiro atoms. The first-order chi connectivity index (χ1) is 13.8. The molecule has 1 aliphatic rings. The summed E-state index contributed by atoms with van der Waals surface area (Å²) in [5, 5.41) is 0.834. The van der Waals surface area contributed by atoms with E-state index in [0.29, 0.717) is 22.6 Å². The number of para-hydroxylation sites is 1. The van der Waals surface area contributed by atoms with E-state index in [4.69, 9.17) is 9.72 Å². The van der Waals surface area contributed by atoms with Crippen molar-refractivity contribution in [1.82, 2.24) is 14.5 Å². The third-order valence-corrected chi connectivity index (χ3v) is 6.31. The van der Waals surface area contributed by atoms with Gasteiger partial charge in [-0.3, -0.25) is 14.2 Å². The number of fused-ring (bicyclic) bond motifs is 1. The molecule has 3 rings (SSSR count). The lowest BCUT2D eigenvalue weighted by atomic mass is 10.2. The van der Waals surface area contributed by atoms with E-state index in [2.05, 4.69) is 0 Å². The molecule has 1 aromatic heterocycles. The molecule has 2 atom stereocenters. The van der Waals surface area contributed by atoms with Gasteiger partial charge in [-0.15, -0.1) is 0 Å². The van der Waals surface area contributed by atoms with Gasteiger partial charge in [0, 0.05) is 18.7 Å². The lowest BCUT2D eigenvalue weighted by Gasteiger charge is -2.33. The number of hydrogen-bond donors (Lipinski definition) is 0. The van der Waals surface area contributed by atoms with Crippen LogP contribution in [0, 0.1) is 0 Å². The molecule has 6 nitrogen and oxygen atoms in total. The molecular weight excluding hydrogens is 386 g/mol.